The van der Waals surface area contributed by atoms with E-state index in [2.05, 4.69) is 27.4 Å². The third-order valence-electron chi connectivity index (χ3n) is 4.96. The van der Waals surface area contributed by atoms with Gasteiger partial charge in [0.05, 0.1) is 11.6 Å². The smallest absolute Gasteiger partial charge is 0.183 e. The maximum atomic E-state index is 4.87. The second-order valence-corrected chi connectivity index (χ2v) is 7.75. The van der Waals surface area contributed by atoms with Gasteiger partial charge in [-0.05, 0) is 44.1 Å². The molecule has 5 rings (SSSR count). The van der Waals surface area contributed by atoms with Gasteiger partial charge in [-0.15, -0.1) is 11.3 Å². The number of thiophene rings is 1. The van der Waals surface area contributed by atoms with Crippen LogP contribution in [-0.2, 0) is 12.8 Å². The molecular formula is C19H19N5S. The van der Waals surface area contributed by atoms with E-state index in [4.69, 9.17) is 9.97 Å². The molecule has 3 aromatic heterocycles. The van der Waals surface area contributed by atoms with Crippen LogP contribution in [-0.4, -0.2) is 26.0 Å². The van der Waals surface area contributed by atoms with Crippen molar-refractivity contribution in [3.8, 4) is 11.5 Å². The predicted octanol–water partition coefficient (Wildman–Crippen LogP) is 4.16. The molecule has 1 N–H and O–H groups in total. The van der Waals surface area contributed by atoms with E-state index in [1.807, 2.05) is 11.3 Å². The van der Waals surface area contributed by atoms with Gasteiger partial charge in [-0.2, -0.15) is 0 Å². The summed E-state index contributed by atoms with van der Waals surface area (Å²) >= 11 is 1.83. The van der Waals surface area contributed by atoms with Crippen molar-refractivity contribution in [1.29, 1.82) is 0 Å². The molecule has 0 atom stereocenters. The number of nitrogens with zero attached hydrogens (tertiary/aromatic N) is 4. The maximum Gasteiger partial charge on any atom is 0.183 e. The molecule has 0 spiro atoms. The zero-order valence-corrected chi connectivity index (χ0v) is 14.7. The Labute approximate surface area is 150 Å². The topological polar surface area (TPSA) is 63.6 Å². The molecule has 2 aliphatic rings. The first kappa shape index (κ1) is 15.0. The fourth-order valence-corrected chi connectivity index (χ4v) is 4.98. The van der Waals surface area contributed by atoms with Crippen LogP contribution in [0.25, 0.3) is 21.7 Å². The highest BCUT2D eigenvalue weighted by molar-refractivity contribution is 7.19. The van der Waals surface area contributed by atoms with E-state index in [0.29, 0.717) is 11.9 Å². The molecule has 3 heterocycles. The number of aryl methyl sites for hydroxylation is 2. The van der Waals surface area contributed by atoms with E-state index in [1.54, 1.807) is 18.6 Å². The Bertz CT molecular complexity index is 939. The summed E-state index contributed by atoms with van der Waals surface area (Å²) in [5.74, 6) is 1.63. The average molecular weight is 349 g/mol. The van der Waals surface area contributed by atoms with Crippen LogP contribution >= 0.6 is 11.3 Å². The molecule has 0 fully saturated rings. The fraction of sp³-hybridized carbons (Fsp3) is 0.368. The molecule has 6 heteroatoms. The van der Waals surface area contributed by atoms with Crippen LogP contribution in [0.15, 0.2) is 30.7 Å². The van der Waals surface area contributed by atoms with Gasteiger partial charge < -0.3 is 5.32 Å². The SMILES string of the molecule is C1=CCC(Nc2nc(-c3cnccn3)nc3sc4c(c23)CCCC4)C1. The zero-order valence-electron chi connectivity index (χ0n) is 13.9. The Balaban J connectivity index is 1.67. The Kier molecular flexibility index (Phi) is 3.70. The lowest BCUT2D eigenvalue weighted by Crippen LogP contribution is -2.17. The Morgan fingerprint density at radius 2 is 1.92 bits per heavy atom. The first-order valence-electron chi connectivity index (χ1n) is 8.88. The minimum Gasteiger partial charge on any atom is -0.366 e. The van der Waals surface area contributed by atoms with Crippen molar-refractivity contribution in [2.24, 2.45) is 0 Å². The number of anilines is 1. The molecular weight excluding hydrogens is 330 g/mol. The van der Waals surface area contributed by atoms with Crippen LogP contribution in [0.3, 0.4) is 0 Å². The van der Waals surface area contributed by atoms with Gasteiger partial charge in [-0.3, -0.25) is 4.98 Å². The van der Waals surface area contributed by atoms with Gasteiger partial charge in [0.2, 0.25) is 0 Å². The van der Waals surface area contributed by atoms with Gasteiger partial charge in [0.1, 0.15) is 16.3 Å². The van der Waals surface area contributed by atoms with Gasteiger partial charge in [0, 0.05) is 23.3 Å². The lowest BCUT2D eigenvalue weighted by molar-refractivity contribution is 0.700. The summed E-state index contributed by atoms with van der Waals surface area (Å²) in [4.78, 5) is 20.8. The summed E-state index contributed by atoms with van der Waals surface area (Å²) in [5.41, 5.74) is 2.19. The second-order valence-electron chi connectivity index (χ2n) is 6.66. The molecule has 2 aliphatic carbocycles. The summed E-state index contributed by atoms with van der Waals surface area (Å²) in [6.45, 7) is 0. The summed E-state index contributed by atoms with van der Waals surface area (Å²) < 4.78 is 0. The van der Waals surface area contributed by atoms with E-state index in [9.17, 15) is 0 Å². The first-order valence-corrected chi connectivity index (χ1v) is 9.70. The standard InChI is InChI=1S/C19H19N5S/c1-2-6-12(5-1)22-18-16-13-7-3-4-8-15(13)25-19(16)24-17(23-18)14-11-20-9-10-21-14/h1-2,9-12H,3-8H2,(H,22,23,24). The lowest BCUT2D eigenvalue weighted by atomic mass is 9.97. The number of nitrogens with one attached hydrogen (secondary N) is 1. The van der Waals surface area contributed by atoms with E-state index in [0.717, 1.165) is 35.6 Å². The normalized spacial score (nSPS) is 17.1. The molecule has 25 heavy (non-hydrogen) atoms. The number of aromatic nitrogens is 4. The molecule has 0 radical (unpaired) electrons. The van der Waals surface area contributed by atoms with Crippen molar-refractivity contribution >= 4 is 27.4 Å². The molecule has 0 amide bonds. The fourth-order valence-electron chi connectivity index (χ4n) is 3.72. The van der Waals surface area contributed by atoms with Crippen molar-refractivity contribution in [3.63, 3.8) is 0 Å². The summed E-state index contributed by atoms with van der Waals surface area (Å²) in [6.07, 6.45) is 16.5. The lowest BCUT2D eigenvalue weighted by Gasteiger charge is -2.16. The molecule has 0 saturated heterocycles. The van der Waals surface area contributed by atoms with Crippen LogP contribution < -0.4 is 5.32 Å². The molecule has 0 saturated carbocycles. The molecule has 3 aromatic rings. The summed E-state index contributed by atoms with van der Waals surface area (Å²) in [7, 11) is 0. The molecule has 5 nitrogen and oxygen atoms in total. The van der Waals surface area contributed by atoms with Gasteiger partial charge >= 0.3 is 0 Å². The highest BCUT2D eigenvalue weighted by atomic mass is 32.1. The van der Waals surface area contributed by atoms with E-state index in [-0.39, 0.29) is 0 Å². The minimum atomic E-state index is 0.423. The third kappa shape index (κ3) is 2.70. The average Bonchev–Trinajstić information content (AvgIpc) is 3.29. The van der Waals surface area contributed by atoms with Crippen LogP contribution in [0.4, 0.5) is 5.82 Å². The van der Waals surface area contributed by atoms with E-state index < -0.39 is 0 Å². The second kappa shape index (κ2) is 6.19. The van der Waals surface area contributed by atoms with Crippen molar-refractivity contribution in [3.05, 3.63) is 41.2 Å². The molecule has 0 unspecified atom stereocenters. The highest BCUT2D eigenvalue weighted by Gasteiger charge is 2.23. The highest BCUT2D eigenvalue weighted by Crippen LogP contribution is 2.40. The Morgan fingerprint density at radius 1 is 1.04 bits per heavy atom. The van der Waals surface area contributed by atoms with Gasteiger partial charge in [0.15, 0.2) is 5.82 Å². The molecule has 0 aliphatic heterocycles. The Morgan fingerprint density at radius 3 is 2.76 bits per heavy atom. The van der Waals surface area contributed by atoms with Crippen LogP contribution in [0, 0.1) is 0 Å². The van der Waals surface area contributed by atoms with Crippen molar-refractivity contribution in [2.75, 3.05) is 5.32 Å². The van der Waals surface area contributed by atoms with Crippen LogP contribution in [0.1, 0.15) is 36.1 Å². The van der Waals surface area contributed by atoms with Gasteiger partial charge in [-0.1, -0.05) is 12.2 Å². The quantitative estimate of drug-likeness (QED) is 0.720. The van der Waals surface area contributed by atoms with Crippen molar-refractivity contribution in [1.82, 2.24) is 19.9 Å². The van der Waals surface area contributed by atoms with Crippen molar-refractivity contribution in [2.45, 2.75) is 44.6 Å². The number of fused-ring (bicyclic) bond motifs is 3. The largest absolute Gasteiger partial charge is 0.366 e. The van der Waals surface area contributed by atoms with Crippen LogP contribution in [0.5, 0.6) is 0 Å². The van der Waals surface area contributed by atoms with Crippen molar-refractivity contribution < 1.29 is 0 Å². The van der Waals surface area contributed by atoms with Gasteiger partial charge in [0.25, 0.3) is 0 Å². The van der Waals surface area contributed by atoms with E-state index >= 15 is 0 Å². The molecule has 0 bridgehead atoms. The monoisotopic (exact) mass is 349 g/mol. The number of hydrogen-bond donors (Lipinski definition) is 1. The van der Waals surface area contributed by atoms with Crippen LogP contribution in [0.2, 0.25) is 0 Å². The third-order valence-corrected chi connectivity index (χ3v) is 6.14. The zero-order chi connectivity index (χ0) is 16.6. The van der Waals surface area contributed by atoms with E-state index in [1.165, 1.54) is 35.1 Å². The molecule has 0 aromatic carbocycles. The predicted molar refractivity (Wildman–Crippen MR) is 101 cm³/mol. The summed E-state index contributed by atoms with van der Waals surface area (Å²) in [5, 5.41) is 4.91. The first-order chi connectivity index (χ1) is 12.4. The number of hydrogen-bond acceptors (Lipinski definition) is 6. The summed E-state index contributed by atoms with van der Waals surface area (Å²) in [6, 6.07) is 0.423. The Hall–Kier alpha value is -2.34. The van der Waals surface area contributed by atoms with Gasteiger partial charge in [-0.25, -0.2) is 15.0 Å². The minimum absolute atomic E-state index is 0.423. The maximum absolute atomic E-state index is 4.87. The number of rotatable bonds is 3. The molecule has 126 valence electrons.